The molecule has 0 amide bonds. The monoisotopic (exact) mass is 276 g/mol. The summed E-state index contributed by atoms with van der Waals surface area (Å²) in [5.74, 6) is 0.999. The third-order valence-electron chi connectivity index (χ3n) is 4.12. The molecule has 1 fully saturated rings. The van der Waals surface area contributed by atoms with Crippen molar-refractivity contribution < 1.29 is 4.74 Å². The van der Waals surface area contributed by atoms with E-state index in [0.29, 0.717) is 6.04 Å². The molecule has 0 spiro atoms. The van der Waals surface area contributed by atoms with Gasteiger partial charge in [0.05, 0.1) is 6.61 Å². The highest BCUT2D eigenvalue weighted by molar-refractivity contribution is 5.28. The summed E-state index contributed by atoms with van der Waals surface area (Å²) in [6.45, 7) is 6.10. The van der Waals surface area contributed by atoms with Gasteiger partial charge in [-0.2, -0.15) is 0 Å². The van der Waals surface area contributed by atoms with Crippen LogP contribution in [0.2, 0.25) is 0 Å². The Hall–Kier alpha value is -1.06. The van der Waals surface area contributed by atoms with Crippen LogP contribution in [0.3, 0.4) is 0 Å². The van der Waals surface area contributed by atoms with Gasteiger partial charge in [0.25, 0.3) is 0 Å². The Bertz CT molecular complexity index is 394. The minimum atomic E-state index is 0.702. The van der Waals surface area contributed by atoms with Crippen molar-refractivity contribution in [3.8, 4) is 5.75 Å². The lowest BCUT2D eigenvalue weighted by Crippen LogP contribution is -2.37. The average Bonchev–Trinajstić information content (AvgIpc) is 2.48. The molecule has 20 heavy (non-hydrogen) atoms. The maximum absolute atomic E-state index is 5.92. The van der Waals surface area contributed by atoms with E-state index in [9.17, 15) is 0 Å². The van der Waals surface area contributed by atoms with E-state index in [-0.39, 0.29) is 0 Å². The van der Waals surface area contributed by atoms with Crippen molar-refractivity contribution >= 4 is 0 Å². The first-order valence-corrected chi connectivity index (χ1v) is 7.92. The Morgan fingerprint density at radius 1 is 1.35 bits per heavy atom. The highest BCUT2D eigenvalue weighted by Gasteiger charge is 2.18. The normalized spacial score (nSPS) is 20.0. The number of piperidine rings is 1. The van der Waals surface area contributed by atoms with E-state index in [0.717, 1.165) is 31.9 Å². The van der Waals surface area contributed by atoms with Gasteiger partial charge >= 0.3 is 0 Å². The fourth-order valence-electron chi connectivity index (χ4n) is 2.84. The van der Waals surface area contributed by atoms with Gasteiger partial charge < -0.3 is 15.0 Å². The van der Waals surface area contributed by atoms with E-state index in [1.54, 1.807) is 0 Å². The largest absolute Gasteiger partial charge is 0.494 e. The number of nitrogens with one attached hydrogen (secondary N) is 1. The third kappa shape index (κ3) is 4.80. The van der Waals surface area contributed by atoms with Crippen molar-refractivity contribution in [1.82, 2.24) is 10.2 Å². The molecule has 0 bridgehead atoms. The Labute approximate surface area is 123 Å². The Balaban J connectivity index is 1.75. The number of hydrogen-bond acceptors (Lipinski definition) is 3. The van der Waals surface area contributed by atoms with E-state index in [2.05, 4.69) is 48.5 Å². The van der Waals surface area contributed by atoms with E-state index in [1.165, 1.54) is 31.4 Å². The number of likely N-dealkylation sites (tertiary alicyclic amines) is 1. The number of benzene rings is 1. The van der Waals surface area contributed by atoms with Gasteiger partial charge in [0.2, 0.25) is 0 Å². The van der Waals surface area contributed by atoms with Gasteiger partial charge in [-0.25, -0.2) is 0 Å². The van der Waals surface area contributed by atoms with Crippen LogP contribution in [0, 0.1) is 0 Å². The first kappa shape index (κ1) is 15.3. The quantitative estimate of drug-likeness (QED) is 0.828. The molecule has 0 radical (unpaired) electrons. The lowest BCUT2D eigenvalue weighted by molar-refractivity contribution is 0.153. The SMILES string of the molecule is CCNCc1cccc(OCCC2CCCCN2C)c1. The van der Waals surface area contributed by atoms with Crippen LogP contribution >= 0.6 is 0 Å². The molecule has 1 saturated heterocycles. The van der Waals surface area contributed by atoms with Crippen molar-refractivity contribution in [1.29, 1.82) is 0 Å². The zero-order valence-corrected chi connectivity index (χ0v) is 12.9. The van der Waals surface area contributed by atoms with Crippen LogP contribution in [0.15, 0.2) is 24.3 Å². The molecule has 1 aromatic carbocycles. The van der Waals surface area contributed by atoms with Gasteiger partial charge in [-0.15, -0.1) is 0 Å². The molecule has 0 aliphatic carbocycles. The summed E-state index contributed by atoms with van der Waals surface area (Å²) >= 11 is 0. The highest BCUT2D eigenvalue weighted by Crippen LogP contribution is 2.19. The molecule has 2 rings (SSSR count). The predicted octanol–water partition coefficient (Wildman–Crippen LogP) is 3.05. The molecule has 3 nitrogen and oxygen atoms in total. The second-order valence-corrected chi connectivity index (χ2v) is 5.70. The predicted molar refractivity (Wildman–Crippen MR) is 84.2 cm³/mol. The van der Waals surface area contributed by atoms with Crippen molar-refractivity contribution in [3.63, 3.8) is 0 Å². The van der Waals surface area contributed by atoms with E-state index < -0.39 is 0 Å². The fourth-order valence-corrected chi connectivity index (χ4v) is 2.84. The zero-order valence-electron chi connectivity index (χ0n) is 12.9. The lowest BCUT2D eigenvalue weighted by atomic mass is 10.0. The summed E-state index contributed by atoms with van der Waals surface area (Å²) in [5, 5.41) is 3.34. The number of hydrogen-bond donors (Lipinski definition) is 1. The third-order valence-corrected chi connectivity index (χ3v) is 4.12. The Kier molecular flexibility index (Phi) is 6.34. The maximum atomic E-state index is 5.92. The summed E-state index contributed by atoms with van der Waals surface area (Å²) in [6, 6.07) is 9.13. The second-order valence-electron chi connectivity index (χ2n) is 5.70. The number of rotatable bonds is 7. The van der Waals surface area contributed by atoms with Crippen molar-refractivity contribution in [2.45, 2.75) is 45.2 Å². The van der Waals surface area contributed by atoms with Gasteiger partial charge in [0, 0.05) is 12.6 Å². The molecule has 1 N–H and O–H groups in total. The summed E-state index contributed by atoms with van der Waals surface area (Å²) in [5.41, 5.74) is 1.29. The zero-order chi connectivity index (χ0) is 14.2. The van der Waals surface area contributed by atoms with Gasteiger partial charge in [-0.3, -0.25) is 0 Å². The van der Waals surface area contributed by atoms with Crippen molar-refractivity contribution in [2.75, 3.05) is 26.7 Å². The van der Waals surface area contributed by atoms with Gasteiger partial charge in [-0.1, -0.05) is 25.5 Å². The van der Waals surface area contributed by atoms with Crippen LogP contribution in [-0.2, 0) is 6.54 Å². The average molecular weight is 276 g/mol. The van der Waals surface area contributed by atoms with E-state index in [1.807, 2.05) is 0 Å². The summed E-state index contributed by atoms with van der Waals surface area (Å²) in [7, 11) is 2.24. The molecule has 0 saturated carbocycles. The lowest BCUT2D eigenvalue weighted by Gasteiger charge is -2.32. The molecule has 1 aliphatic heterocycles. The summed E-state index contributed by atoms with van der Waals surface area (Å²) in [4.78, 5) is 2.48. The minimum Gasteiger partial charge on any atom is -0.494 e. The summed E-state index contributed by atoms with van der Waals surface area (Å²) < 4.78 is 5.92. The highest BCUT2D eigenvalue weighted by atomic mass is 16.5. The molecule has 1 unspecified atom stereocenters. The molecular formula is C17H28N2O. The van der Waals surface area contributed by atoms with Crippen molar-refractivity contribution in [2.24, 2.45) is 0 Å². The Morgan fingerprint density at radius 2 is 2.25 bits per heavy atom. The first-order valence-electron chi connectivity index (χ1n) is 7.92. The van der Waals surface area contributed by atoms with E-state index in [4.69, 9.17) is 4.74 Å². The fraction of sp³-hybridized carbons (Fsp3) is 0.647. The molecular weight excluding hydrogens is 248 g/mol. The van der Waals surface area contributed by atoms with Crippen LogP contribution in [0.25, 0.3) is 0 Å². The second kappa shape index (κ2) is 8.28. The van der Waals surface area contributed by atoms with Gasteiger partial charge in [-0.05, 0) is 57.1 Å². The molecule has 3 heteroatoms. The molecule has 1 heterocycles. The van der Waals surface area contributed by atoms with Crippen LogP contribution in [0.1, 0.15) is 38.2 Å². The standard InChI is InChI=1S/C17H28N2O/c1-3-18-14-15-7-6-9-17(13-15)20-12-10-16-8-4-5-11-19(16)2/h6-7,9,13,16,18H,3-5,8,10-12,14H2,1-2H3. The number of ether oxygens (including phenoxy) is 1. The molecule has 1 aliphatic rings. The van der Waals surface area contributed by atoms with Crippen LogP contribution in [-0.4, -0.2) is 37.7 Å². The molecule has 1 aromatic rings. The summed E-state index contributed by atoms with van der Waals surface area (Å²) in [6.07, 6.45) is 5.17. The molecule has 112 valence electrons. The number of nitrogens with zero attached hydrogens (tertiary/aromatic N) is 1. The Morgan fingerprint density at radius 3 is 3.05 bits per heavy atom. The molecule has 1 atom stereocenters. The smallest absolute Gasteiger partial charge is 0.119 e. The minimum absolute atomic E-state index is 0.702. The van der Waals surface area contributed by atoms with Gasteiger partial charge in [0.1, 0.15) is 5.75 Å². The topological polar surface area (TPSA) is 24.5 Å². The van der Waals surface area contributed by atoms with Crippen LogP contribution in [0.4, 0.5) is 0 Å². The maximum Gasteiger partial charge on any atom is 0.119 e. The van der Waals surface area contributed by atoms with Crippen molar-refractivity contribution in [3.05, 3.63) is 29.8 Å². The molecule has 0 aromatic heterocycles. The first-order chi connectivity index (χ1) is 9.79. The van der Waals surface area contributed by atoms with Crippen LogP contribution in [0.5, 0.6) is 5.75 Å². The van der Waals surface area contributed by atoms with Gasteiger partial charge in [0.15, 0.2) is 0 Å². The van der Waals surface area contributed by atoms with E-state index >= 15 is 0 Å². The van der Waals surface area contributed by atoms with Crippen LogP contribution < -0.4 is 10.1 Å².